The van der Waals surface area contributed by atoms with Crippen LogP contribution in [0.1, 0.15) is 114 Å². The molecule has 0 aliphatic carbocycles. The van der Waals surface area contributed by atoms with Gasteiger partial charge >= 0.3 is 11.9 Å². The van der Waals surface area contributed by atoms with Crippen molar-refractivity contribution in [3.8, 4) is 0 Å². The zero-order chi connectivity index (χ0) is 36.3. The Bertz CT molecular complexity index is 2050. The van der Waals surface area contributed by atoms with E-state index in [2.05, 4.69) is 48.7 Å². The van der Waals surface area contributed by atoms with E-state index in [1.54, 1.807) is 0 Å². The SMILES string of the molecule is C=Cc1c(C)c2cc3nc(c(CC(=O)OC)c4[nH]c(cc5nc(cc1[nH]2)C(C)=C5CC)c(C)c4C(=O)NCCCN)C(CCC(=O)OC)C3C. The van der Waals surface area contributed by atoms with Crippen molar-refractivity contribution in [2.75, 3.05) is 27.3 Å². The van der Waals surface area contributed by atoms with E-state index in [0.717, 1.165) is 56.8 Å². The average Bonchev–Trinajstić information content (AvgIpc) is 3.78. The van der Waals surface area contributed by atoms with Crippen LogP contribution in [0.5, 0.6) is 0 Å². The second-order valence-corrected chi connectivity index (χ2v) is 12.9. The highest BCUT2D eigenvalue weighted by molar-refractivity contribution is 6.06. The fourth-order valence-corrected chi connectivity index (χ4v) is 7.10. The van der Waals surface area contributed by atoms with E-state index < -0.39 is 5.97 Å². The molecule has 2 aliphatic rings. The third-order valence-electron chi connectivity index (χ3n) is 10.1. The molecule has 2 aliphatic heterocycles. The Morgan fingerprint density at radius 1 is 0.980 bits per heavy atom. The lowest BCUT2D eigenvalue weighted by Gasteiger charge is -2.18. The average molecular weight is 681 g/mol. The van der Waals surface area contributed by atoms with Crippen molar-refractivity contribution in [2.45, 2.75) is 78.6 Å². The summed E-state index contributed by atoms with van der Waals surface area (Å²) in [7, 11) is 2.71. The van der Waals surface area contributed by atoms with Crippen LogP contribution in [0.15, 0.2) is 24.8 Å². The van der Waals surface area contributed by atoms with Crippen molar-refractivity contribution in [3.05, 3.63) is 75.4 Å². The smallest absolute Gasteiger partial charge is 0.310 e. The molecule has 0 fully saturated rings. The van der Waals surface area contributed by atoms with Crippen LogP contribution in [-0.2, 0) is 25.5 Å². The largest absolute Gasteiger partial charge is 0.469 e. The Morgan fingerprint density at radius 3 is 2.34 bits per heavy atom. The molecule has 5 rings (SSSR count). The number of nitrogens with one attached hydrogen (secondary N) is 3. The lowest BCUT2D eigenvalue weighted by molar-refractivity contribution is -0.141. The van der Waals surface area contributed by atoms with Gasteiger partial charge in [-0.2, -0.15) is 0 Å². The van der Waals surface area contributed by atoms with Crippen LogP contribution in [0, 0.1) is 13.8 Å². The van der Waals surface area contributed by atoms with Gasteiger partial charge in [0.2, 0.25) is 0 Å². The van der Waals surface area contributed by atoms with Gasteiger partial charge in [0, 0.05) is 58.2 Å². The molecule has 11 nitrogen and oxygen atoms in total. The number of allylic oxidation sites excluding steroid dienone is 2. The number of methoxy groups -OCH3 is 2. The number of carbonyl (C=O) groups excluding carboxylic acids is 3. The first kappa shape index (κ1) is 36.3. The quantitative estimate of drug-likeness (QED) is 0.131. The number of aryl methyl sites for hydroxylation is 2. The lowest BCUT2D eigenvalue weighted by Crippen LogP contribution is -2.26. The molecular formula is C39H48N6O5. The molecule has 0 aromatic carbocycles. The van der Waals surface area contributed by atoms with Gasteiger partial charge in [-0.25, -0.2) is 4.98 Å². The minimum absolute atomic E-state index is 0.141. The van der Waals surface area contributed by atoms with Crippen molar-refractivity contribution in [2.24, 2.45) is 5.73 Å². The number of rotatable bonds is 11. The standard InChI is InChI=1S/C39H48N6O5/c1-9-24-20(3)28-17-30-22(5)26(12-13-34(46)49-7)37(44-30)27(16-35(47)50-8)38-36(39(48)41-15-11-14-40)23(6)31(45-38)19-33-25(10-2)21(4)29(43-33)18-32(24)42-28/h9,17-19,22,26,42,45H,1,10-16,40H2,2-8H3,(H,41,48). The maximum absolute atomic E-state index is 14.0. The summed E-state index contributed by atoms with van der Waals surface area (Å²) in [5.74, 6) is -1.53. The molecule has 8 bridgehead atoms. The fourth-order valence-electron chi connectivity index (χ4n) is 7.10. The molecule has 0 saturated carbocycles. The van der Waals surface area contributed by atoms with Gasteiger partial charge in [0.05, 0.1) is 48.8 Å². The van der Waals surface area contributed by atoms with E-state index >= 15 is 0 Å². The number of H-pyrrole nitrogens is 2. The number of nitrogens with two attached hydrogens (primary N) is 1. The maximum Gasteiger partial charge on any atom is 0.310 e. The lowest BCUT2D eigenvalue weighted by atomic mass is 9.85. The van der Waals surface area contributed by atoms with Crippen LogP contribution in [0.4, 0.5) is 0 Å². The van der Waals surface area contributed by atoms with Crippen molar-refractivity contribution in [3.63, 3.8) is 0 Å². The Kier molecular flexibility index (Phi) is 11.1. The number of carbonyl (C=O) groups is 3. The minimum atomic E-state index is -0.483. The van der Waals surface area contributed by atoms with Crippen LogP contribution in [0.25, 0.3) is 39.3 Å². The molecular weight excluding hydrogens is 632 g/mol. The number of ether oxygens (including phenoxy) is 2. The van der Waals surface area contributed by atoms with Crippen molar-refractivity contribution in [1.82, 2.24) is 25.3 Å². The molecule has 3 aromatic heterocycles. The van der Waals surface area contributed by atoms with E-state index in [-0.39, 0.29) is 36.6 Å². The highest BCUT2D eigenvalue weighted by Crippen LogP contribution is 2.43. The van der Waals surface area contributed by atoms with Crippen LogP contribution < -0.4 is 11.1 Å². The van der Waals surface area contributed by atoms with Crippen LogP contribution in [-0.4, -0.2) is 65.1 Å². The molecule has 5 heterocycles. The van der Waals surface area contributed by atoms with E-state index in [1.807, 2.05) is 32.1 Å². The number of nitrogens with zero attached hydrogens (tertiary/aromatic N) is 2. The highest BCUT2D eigenvalue weighted by atomic mass is 16.5. The van der Waals surface area contributed by atoms with E-state index in [4.69, 9.17) is 25.2 Å². The van der Waals surface area contributed by atoms with Gasteiger partial charge in [0.1, 0.15) is 0 Å². The molecule has 2 unspecified atom stereocenters. The van der Waals surface area contributed by atoms with Crippen LogP contribution in [0.3, 0.4) is 0 Å². The summed E-state index contributed by atoms with van der Waals surface area (Å²) in [6.45, 7) is 15.1. The molecule has 1 amide bonds. The maximum atomic E-state index is 14.0. The van der Waals surface area contributed by atoms with Gasteiger partial charge in [0.25, 0.3) is 5.91 Å². The van der Waals surface area contributed by atoms with Crippen LogP contribution >= 0.6 is 0 Å². The molecule has 0 spiro atoms. The number of esters is 2. The first-order valence-corrected chi connectivity index (χ1v) is 17.2. The Labute approximate surface area is 292 Å². The van der Waals surface area contributed by atoms with E-state index in [1.165, 1.54) is 14.2 Å². The monoisotopic (exact) mass is 680 g/mol. The van der Waals surface area contributed by atoms with Gasteiger partial charge in [0.15, 0.2) is 0 Å². The normalized spacial score (nSPS) is 15.6. The minimum Gasteiger partial charge on any atom is -0.469 e. The third-order valence-corrected chi connectivity index (χ3v) is 10.1. The second kappa shape index (κ2) is 15.2. The second-order valence-electron chi connectivity index (χ2n) is 12.9. The molecule has 11 heteroatoms. The zero-order valence-corrected chi connectivity index (χ0v) is 30.1. The molecule has 0 radical (unpaired) electrons. The van der Waals surface area contributed by atoms with Crippen LogP contribution in [0.2, 0.25) is 0 Å². The van der Waals surface area contributed by atoms with Gasteiger partial charge < -0.3 is 30.5 Å². The molecule has 264 valence electrons. The number of hydrogen-bond acceptors (Lipinski definition) is 8. The van der Waals surface area contributed by atoms with Gasteiger partial charge in [-0.1, -0.05) is 26.5 Å². The Balaban J connectivity index is 2.00. The number of amides is 1. The Hall–Kier alpha value is -5.03. The third kappa shape index (κ3) is 6.87. The molecule has 3 aromatic rings. The number of aromatic amines is 2. The number of fused-ring (bicyclic) bond motifs is 8. The first-order chi connectivity index (χ1) is 24.0. The van der Waals surface area contributed by atoms with E-state index in [9.17, 15) is 14.4 Å². The fraction of sp³-hybridized carbons (Fsp3) is 0.410. The summed E-state index contributed by atoms with van der Waals surface area (Å²) in [5, 5.41) is 3.01. The topological polar surface area (TPSA) is 165 Å². The predicted octanol–water partition coefficient (Wildman–Crippen LogP) is 6.55. The zero-order valence-electron chi connectivity index (χ0n) is 30.1. The summed E-state index contributed by atoms with van der Waals surface area (Å²) < 4.78 is 10.2. The predicted molar refractivity (Wildman–Crippen MR) is 197 cm³/mol. The van der Waals surface area contributed by atoms with Gasteiger partial charge in [-0.15, -0.1) is 0 Å². The molecule has 50 heavy (non-hydrogen) atoms. The summed E-state index contributed by atoms with van der Waals surface area (Å²) >= 11 is 0. The summed E-state index contributed by atoms with van der Waals surface area (Å²) in [4.78, 5) is 57.0. The van der Waals surface area contributed by atoms with Crippen molar-refractivity contribution >= 4 is 57.1 Å². The number of hydrogen-bond donors (Lipinski definition) is 4. The highest BCUT2D eigenvalue weighted by Gasteiger charge is 2.34. The van der Waals surface area contributed by atoms with Gasteiger partial charge in [-0.05, 0) is 87.1 Å². The van der Waals surface area contributed by atoms with E-state index in [0.29, 0.717) is 59.3 Å². The summed E-state index contributed by atoms with van der Waals surface area (Å²) in [6.07, 6.45) is 3.64. The summed E-state index contributed by atoms with van der Waals surface area (Å²) in [6, 6.07) is 6.05. The molecule has 5 N–H and O–H groups in total. The van der Waals surface area contributed by atoms with Crippen molar-refractivity contribution in [1.29, 1.82) is 0 Å². The molecule has 0 saturated heterocycles. The number of aromatic nitrogens is 4. The first-order valence-electron chi connectivity index (χ1n) is 17.2. The Morgan fingerprint density at radius 2 is 1.68 bits per heavy atom. The summed E-state index contributed by atoms with van der Waals surface area (Å²) in [5.41, 5.74) is 17.5. The van der Waals surface area contributed by atoms with Crippen molar-refractivity contribution < 1.29 is 23.9 Å². The molecule has 2 atom stereocenters. The van der Waals surface area contributed by atoms with Gasteiger partial charge in [-0.3, -0.25) is 19.4 Å².